The number of fused-ring (bicyclic) bond motifs is 1. The molecule has 44 heavy (non-hydrogen) atoms. The van der Waals surface area contributed by atoms with Crippen LogP contribution in [0.1, 0.15) is 11.1 Å². The molecule has 1 N–H and O–H groups in total. The summed E-state index contributed by atoms with van der Waals surface area (Å²) in [5.74, 6) is 1.99. The van der Waals surface area contributed by atoms with Crippen molar-refractivity contribution in [2.45, 2.75) is 23.9 Å². The largest absolute Gasteiger partial charge is 0.493 e. The molecule has 0 atom stereocenters. The maximum Gasteiger partial charge on any atom is 0.263 e. The lowest BCUT2D eigenvalue weighted by Crippen LogP contribution is -2.11. The van der Waals surface area contributed by atoms with Gasteiger partial charge in [-0.15, -0.1) is 10.2 Å². The van der Waals surface area contributed by atoms with Crippen molar-refractivity contribution in [1.82, 2.24) is 19.7 Å². The van der Waals surface area contributed by atoms with E-state index in [0.29, 0.717) is 49.2 Å². The monoisotopic (exact) mass is 624 g/mol. The minimum atomic E-state index is -0.242. The number of rotatable bonds is 8. The van der Waals surface area contributed by atoms with Gasteiger partial charge in [0.1, 0.15) is 0 Å². The zero-order valence-electron chi connectivity index (χ0n) is 24.8. The number of aromatic nitrogens is 4. The Morgan fingerprint density at radius 3 is 2.20 bits per heavy atom. The van der Waals surface area contributed by atoms with Crippen LogP contribution in [0.15, 0.2) is 93.7 Å². The highest BCUT2D eigenvalue weighted by atomic mass is 35.5. The third-order valence-electron chi connectivity index (χ3n) is 7.34. The lowest BCUT2D eigenvalue weighted by Gasteiger charge is -2.17. The van der Waals surface area contributed by atoms with E-state index in [4.69, 9.17) is 25.8 Å². The second-order valence-electron chi connectivity index (χ2n) is 10.2. The first kappa shape index (κ1) is 29.3. The van der Waals surface area contributed by atoms with Gasteiger partial charge in [0, 0.05) is 27.1 Å². The number of halogens is 1. The van der Waals surface area contributed by atoms with E-state index in [1.54, 1.807) is 27.4 Å². The van der Waals surface area contributed by atoms with Gasteiger partial charge in [-0.2, -0.15) is 0 Å². The first-order chi connectivity index (χ1) is 21.3. The molecule has 2 aromatic heterocycles. The quantitative estimate of drug-likeness (QED) is 0.184. The molecular weight excluding hydrogens is 596 g/mol. The Morgan fingerprint density at radius 2 is 1.55 bits per heavy atom. The molecule has 6 rings (SSSR count). The fraction of sp³-hybridized carbons (Fsp3) is 0.147. The Balaban J connectivity index is 1.62. The van der Waals surface area contributed by atoms with E-state index in [-0.39, 0.29) is 5.56 Å². The Hall–Kier alpha value is -4.73. The molecule has 0 aliphatic carbocycles. The van der Waals surface area contributed by atoms with Crippen LogP contribution in [0.5, 0.6) is 17.2 Å². The number of methoxy groups -OCH3 is 3. The maximum absolute atomic E-state index is 13.8. The highest BCUT2D eigenvalue weighted by molar-refractivity contribution is 7.99. The molecule has 0 saturated heterocycles. The summed E-state index contributed by atoms with van der Waals surface area (Å²) in [6.07, 6.45) is 0. The molecule has 0 saturated carbocycles. The lowest BCUT2D eigenvalue weighted by atomic mass is 10.0. The van der Waals surface area contributed by atoms with Gasteiger partial charge < -0.3 is 19.2 Å². The molecule has 4 aromatic carbocycles. The number of hydrogen-bond acceptors (Lipinski definition) is 7. The predicted molar refractivity (Wildman–Crippen MR) is 175 cm³/mol. The van der Waals surface area contributed by atoms with Gasteiger partial charge >= 0.3 is 0 Å². The fourth-order valence-corrected chi connectivity index (χ4v) is 6.52. The molecule has 0 fully saturated rings. The minimum absolute atomic E-state index is 0.242. The van der Waals surface area contributed by atoms with Crippen LogP contribution in [0.25, 0.3) is 39.1 Å². The molecule has 0 bridgehead atoms. The average molecular weight is 625 g/mol. The van der Waals surface area contributed by atoms with E-state index in [1.807, 2.05) is 85.1 Å². The van der Waals surface area contributed by atoms with Crippen LogP contribution in [0, 0.1) is 13.8 Å². The first-order valence-electron chi connectivity index (χ1n) is 13.7. The number of ether oxygens (including phenoxy) is 3. The molecule has 0 radical (unpaired) electrons. The number of H-pyrrole nitrogens is 1. The number of nitrogens with one attached hydrogen (secondary N) is 1. The van der Waals surface area contributed by atoms with Crippen LogP contribution in [-0.2, 0) is 0 Å². The van der Waals surface area contributed by atoms with Crippen LogP contribution < -0.4 is 19.8 Å². The van der Waals surface area contributed by atoms with Crippen molar-refractivity contribution in [2.24, 2.45) is 0 Å². The number of nitrogens with zero attached hydrogens (tertiary/aromatic N) is 3. The maximum atomic E-state index is 13.8. The second-order valence-corrected chi connectivity index (χ2v) is 11.6. The fourth-order valence-electron chi connectivity index (χ4n) is 5.33. The van der Waals surface area contributed by atoms with E-state index < -0.39 is 0 Å². The van der Waals surface area contributed by atoms with Crippen molar-refractivity contribution in [2.75, 3.05) is 21.3 Å². The van der Waals surface area contributed by atoms with Gasteiger partial charge in [-0.1, -0.05) is 59.6 Å². The normalized spacial score (nSPS) is 11.1. The zero-order valence-corrected chi connectivity index (χ0v) is 26.3. The molecule has 0 unspecified atom stereocenters. The summed E-state index contributed by atoms with van der Waals surface area (Å²) in [7, 11) is 4.70. The third kappa shape index (κ3) is 5.29. The minimum Gasteiger partial charge on any atom is -0.493 e. The van der Waals surface area contributed by atoms with E-state index in [9.17, 15) is 4.79 Å². The molecule has 6 aromatic rings. The summed E-state index contributed by atoms with van der Waals surface area (Å²) >= 11 is 7.70. The van der Waals surface area contributed by atoms with Crippen LogP contribution in [0.2, 0.25) is 5.02 Å². The van der Waals surface area contributed by atoms with E-state index >= 15 is 0 Å². The molecule has 8 nitrogen and oxygen atoms in total. The van der Waals surface area contributed by atoms with E-state index in [2.05, 4.69) is 21.2 Å². The Morgan fingerprint density at radius 1 is 0.818 bits per heavy atom. The van der Waals surface area contributed by atoms with E-state index in [1.165, 1.54) is 11.8 Å². The average Bonchev–Trinajstić information content (AvgIpc) is 3.44. The van der Waals surface area contributed by atoms with Crippen LogP contribution in [0.3, 0.4) is 0 Å². The highest BCUT2D eigenvalue weighted by Gasteiger charge is 2.25. The molecule has 10 heteroatoms. The SMILES string of the molecule is COc1cc(-c2nnc(Sc3c(-c4ccccc4)c4cc(Cl)ccc4[nH]c3=O)n2-c2ccc(C)cc2C)cc(OC)c1OC. The van der Waals surface area contributed by atoms with Crippen LogP contribution in [-0.4, -0.2) is 41.1 Å². The summed E-state index contributed by atoms with van der Waals surface area (Å²) in [5.41, 5.74) is 5.80. The Bertz CT molecular complexity index is 2050. The Kier molecular flexibility index (Phi) is 8.07. The van der Waals surface area contributed by atoms with Gasteiger partial charge in [0.25, 0.3) is 5.56 Å². The molecule has 2 heterocycles. The standard InChI is InChI=1S/C34H29ClN4O4S/c1-19-11-14-26(20(2)15-19)39-32(22-16-27(41-3)30(43-5)28(17-22)42-4)37-38-34(39)44-31-29(21-9-7-6-8-10-21)24-18-23(35)12-13-25(24)36-33(31)40/h6-18H,1-5H3,(H,36,40). The highest BCUT2D eigenvalue weighted by Crippen LogP contribution is 2.43. The first-order valence-corrected chi connectivity index (χ1v) is 14.9. The number of hydrogen-bond donors (Lipinski definition) is 1. The molecule has 222 valence electrons. The summed E-state index contributed by atoms with van der Waals surface area (Å²) in [6, 6.07) is 25.1. The third-order valence-corrected chi connectivity index (χ3v) is 8.61. The van der Waals surface area contributed by atoms with Gasteiger partial charge in [-0.25, -0.2) is 0 Å². The van der Waals surface area contributed by atoms with Gasteiger partial charge in [-0.05, 0) is 73.1 Å². The summed E-state index contributed by atoms with van der Waals surface area (Å²) < 4.78 is 18.8. The predicted octanol–water partition coefficient (Wildman–Crippen LogP) is 7.89. The summed E-state index contributed by atoms with van der Waals surface area (Å²) in [5, 5.41) is 11.2. The number of pyridine rings is 1. The van der Waals surface area contributed by atoms with Crippen molar-refractivity contribution < 1.29 is 14.2 Å². The molecule has 0 aliphatic heterocycles. The number of benzene rings is 4. The summed E-state index contributed by atoms with van der Waals surface area (Å²) in [6.45, 7) is 4.08. The molecule has 0 amide bonds. The van der Waals surface area contributed by atoms with Gasteiger partial charge in [0.2, 0.25) is 10.9 Å². The smallest absolute Gasteiger partial charge is 0.263 e. The lowest BCUT2D eigenvalue weighted by molar-refractivity contribution is 0.324. The van der Waals surface area contributed by atoms with Crippen molar-refractivity contribution in [3.05, 3.63) is 105 Å². The van der Waals surface area contributed by atoms with Crippen LogP contribution >= 0.6 is 23.4 Å². The molecule has 0 aliphatic rings. The van der Waals surface area contributed by atoms with E-state index in [0.717, 1.165) is 33.3 Å². The van der Waals surface area contributed by atoms with Crippen molar-refractivity contribution in [3.8, 4) is 45.5 Å². The summed E-state index contributed by atoms with van der Waals surface area (Å²) in [4.78, 5) is 17.3. The number of aryl methyl sites for hydroxylation is 2. The second kappa shape index (κ2) is 12.1. The van der Waals surface area contributed by atoms with Crippen molar-refractivity contribution in [3.63, 3.8) is 0 Å². The zero-order chi connectivity index (χ0) is 31.0. The van der Waals surface area contributed by atoms with Gasteiger partial charge in [-0.3, -0.25) is 9.36 Å². The topological polar surface area (TPSA) is 91.3 Å². The number of aromatic amines is 1. The van der Waals surface area contributed by atoms with Crippen molar-refractivity contribution >= 4 is 34.3 Å². The van der Waals surface area contributed by atoms with Crippen LogP contribution in [0.4, 0.5) is 0 Å². The molecule has 0 spiro atoms. The van der Waals surface area contributed by atoms with Gasteiger partial charge in [0.05, 0.1) is 31.9 Å². The van der Waals surface area contributed by atoms with Crippen molar-refractivity contribution in [1.29, 1.82) is 0 Å². The van der Waals surface area contributed by atoms with Gasteiger partial charge in [0.15, 0.2) is 17.3 Å². The molecular formula is C34H29ClN4O4S. The Labute approximate surface area is 263 Å².